The predicted molar refractivity (Wildman–Crippen MR) is 61.5 cm³/mol. The van der Waals surface area contributed by atoms with Crippen molar-refractivity contribution < 1.29 is 9.53 Å². The van der Waals surface area contributed by atoms with E-state index >= 15 is 0 Å². The topological polar surface area (TPSA) is 26.3 Å². The van der Waals surface area contributed by atoms with E-state index in [-0.39, 0.29) is 17.3 Å². The Bertz CT molecular complexity index is 221. The Morgan fingerprint density at radius 3 is 2.60 bits per heavy atom. The van der Waals surface area contributed by atoms with Crippen molar-refractivity contribution in [2.75, 3.05) is 6.61 Å². The van der Waals surface area contributed by atoms with Crippen LogP contribution < -0.4 is 0 Å². The summed E-state index contributed by atoms with van der Waals surface area (Å²) >= 11 is 0. The van der Waals surface area contributed by atoms with E-state index in [0.717, 1.165) is 12.8 Å². The molecule has 1 aliphatic rings. The lowest BCUT2D eigenvalue weighted by molar-refractivity contribution is -0.157. The average molecular weight is 212 g/mol. The Labute approximate surface area is 93.4 Å². The number of carbonyl (C=O) groups is 1. The van der Waals surface area contributed by atoms with Crippen molar-refractivity contribution in [3.05, 3.63) is 0 Å². The number of esters is 1. The van der Waals surface area contributed by atoms with Crippen molar-refractivity contribution in [3.8, 4) is 0 Å². The number of hydrogen-bond donors (Lipinski definition) is 0. The molecule has 2 heteroatoms. The Morgan fingerprint density at radius 1 is 1.40 bits per heavy atom. The van der Waals surface area contributed by atoms with Gasteiger partial charge in [-0.1, -0.05) is 33.6 Å². The van der Waals surface area contributed by atoms with Gasteiger partial charge in [-0.3, -0.25) is 4.79 Å². The monoisotopic (exact) mass is 212 g/mol. The molecule has 0 radical (unpaired) electrons. The quantitative estimate of drug-likeness (QED) is 0.670. The van der Waals surface area contributed by atoms with Crippen LogP contribution >= 0.6 is 0 Å². The highest BCUT2D eigenvalue weighted by molar-refractivity contribution is 5.73. The third-order valence-corrected chi connectivity index (χ3v) is 3.77. The molecular weight excluding hydrogens is 188 g/mol. The summed E-state index contributed by atoms with van der Waals surface area (Å²) < 4.78 is 5.21. The van der Waals surface area contributed by atoms with Crippen LogP contribution in [0.1, 0.15) is 53.4 Å². The molecule has 0 aromatic carbocycles. The van der Waals surface area contributed by atoms with Crippen molar-refractivity contribution >= 4 is 5.97 Å². The first-order valence-electron chi connectivity index (χ1n) is 6.19. The van der Waals surface area contributed by atoms with Crippen LogP contribution in [-0.2, 0) is 9.53 Å². The number of carbonyl (C=O) groups excluding carboxylic acids is 1. The summed E-state index contributed by atoms with van der Waals surface area (Å²) in [6.07, 6.45) is 4.67. The summed E-state index contributed by atoms with van der Waals surface area (Å²) in [5.41, 5.74) is 0.116. The van der Waals surface area contributed by atoms with Crippen molar-refractivity contribution in [1.82, 2.24) is 0 Å². The van der Waals surface area contributed by atoms with Crippen molar-refractivity contribution in [2.45, 2.75) is 53.4 Å². The molecule has 2 nitrogen and oxygen atoms in total. The second-order valence-electron chi connectivity index (χ2n) is 5.28. The largest absolute Gasteiger partial charge is 0.466 e. The van der Waals surface area contributed by atoms with Crippen LogP contribution in [0.15, 0.2) is 0 Å². The first-order valence-corrected chi connectivity index (χ1v) is 6.19. The van der Waals surface area contributed by atoms with E-state index in [0.29, 0.717) is 12.5 Å². The fourth-order valence-electron chi connectivity index (χ4n) is 2.96. The highest BCUT2D eigenvalue weighted by atomic mass is 16.5. The summed E-state index contributed by atoms with van der Waals surface area (Å²) in [5.74, 6) is 0.651. The van der Waals surface area contributed by atoms with Gasteiger partial charge in [-0.05, 0) is 31.1 Å². The van der Waals surface area contributed by atoms with E-state index in [1.807, 2.05) is 6.92 Å². The van der Waals surface area contributed by atoms with Crippen molar-refractivity contribution in [2.24, 2.45) is 17.3 Å². The number of hydrogen-bond acceptors (Lipinski definition) is 2. The van der Waals surface area contributed by atoms with Crippen molar-refractivity contribution in [3.63, 3.8) is 0 Å². The standard InChI is InChI=1S/C13H24O2/c1-5-10-8-7-9-13(3,4)11(10)12(14)15-6-2/h10-11H,5-9H2,1-4H3/t10-,11+/m0/s1. The second-order valence-corrected chi connectivity index (χ2v) is 5.28. The van der Waals surface area contributed by atoms with E-state index < -0.39 is 0 Å². The average Bonchev–Trinajstić information content (AvgIpc) is 2.16. The fourth-order valence-corrected chi connectivity index (χ4v) is 2.96. The molecule has 0 unspecified atom stereocenters. The molecule has 0 aromatic heterocycles. The third-order valence-electron chi connectivity index (χ3n) is 3.77. The Balaban J connectivity index is 2.79. The van der Waals surface area contributed by atoms with Gasteiger partial charge < -0.3 is 4.74 Å². The molecule has 0 heterocycles. The normalized spacial score (nSPS) is 29.9. The van der Waals surface area contributed by atoms with Crippen LogP contribution in [-0.4, -0.2) is 12.6 Å². The maximum atomic E-state index is 12.0. The Morgan fingerprint density at radius 2 is 2.07 bits per heavy atom. The van der Waals surface area contributed by atoms with Crippen LogP contribution in [0.25, 0.3) is 0 Å². The molecule has 1 aliphatic carbocycles. The van der Waals surface area contributed by atoms with Gasteiger partial charge in [0.2, 0.25) is 0 Å². The highest BCUT2D eigenvalue weighted by Crippen LogP contribution is 2.45. The summed E-state index contributed by atoms with van der Waals surface area (Å²) in [7, 11) is 0. The van der Waals surface area contributed by atoms with Gasteiger partial charge in [0.15, 0.2) is 0 Å². The molecule has 15 heavy (non-hydrogen) atoms. The predicted octanol–water partition coefficient (Wildman–Crippen LogP) is 3.40. The van der Waals surface area contributed by atoms with Crippen LogP contribution in [0.2, 0.25) is 0 Å². The van der Waals surface area contributed by atoms with E-state index in [2.05, 4.69) is 20.8 Å². The molecule has 0 amide bonds. The highest BCUT2D eigenvalue weighted by Gasteiger charge is 2.43. The van der Waals surface area contributed by atoms with Gasteiger partial charge in [0, 0.05) is 0 Å². The molecule has 0 saturated heterocycles. The van der Waals surface area contributed by atoms with Gasteiger partial charge in [0.05, 0.1) is 12.5 Å². The van der Waals surface area contributed by atoms with Gasteiger partial charge in [-0.25, -0.2) is 0 Å². The molecule has 1 saturated carbocycles. The zero-order valence-electron chi connectivity index (χ0n) is 10.5. The number of ether oxygens (including phenoxy) is 1. The Kier molecular flexibility index (Phi) is 4.18. The molecule has 0 bridgehead atoms. The molecule has 0 spiro atoms. The van der Waals surface area contributed by atoms with E-state index in [1.54, 1.807) is 0 Å². The maximum absolute atomic E-state index is 12.0. The number of rotatable bonds is 3. The van der Waals surface area contributed by atoms with Crippen molar-refractivity contribution in [1.29, 1.82) is 0 Å². The van der Waals surface area contributed by atoms with Gasteiger partial charge in [0.25, 0.3) is 0 Å². The summed E-state index contributed by atoms with van der Waals surface area (Å²) in [5, 5.41) is 0. The second kappa shape index (κ2) is 5.00. The SMILES string of the molecule is CCOC(=O)[C@H]1[C@@H](CC)CCCC1(C)C. The molecule has 1 rings (SSSR count). The summed E-state index contributed by atoms with van der Waals surface area (Å²) in [6.45, 7) is 8.97. The van der Waals surface area contributed by atoms with Crippen LogP contribution in [0, 0.1) is 17.3 Å². The van der Waals surface area contributed by atoms with Gasteiger partial charge in [-0.2, -0.15) is 0 Å². The van der Waals surface area contributed by atoms with E-state index in [4.69, 9.17) is 4.74 Å². The van der Waals surface area contributed by atoms with Crippen LogP contribution in [0.5, 0.6) is 0 Å². The molecule has 1 fully saturated rings. The minimum Gasteiger partial charge on any atom is -0.466 e. The molecule has 0 aromatic rings. The minimum absolute atomic E-state index is 0.0223. The van der Waals surface area contributed by atoms with E-state index in [1.165, 1.54) is 12.8 Å². The smallest absolute Gasteiger partial charge is 0.309 e. The fraction of sp³-hybridized carbons (Fsp3) is 0.923. The molecule has 0 N–H and O–H groups in total. The van der Waals surface area contributed by atoms with Crippen LogP contribution in [0.3, 0.4) is 0 Å². The first-order chi connectivity index (χ1) is 7.03. The molecular formula is C13H24O2. The lowest BCUT2D eigenvalue weighted by Gasteiger charge is -2.42. The molecule has 2 atom stereocenters. The molecule has 0 aliphatic heterocycles. The zero-order valence-corrected chi connectivity index (χ0v) is 10.5. The zero-order chi connectivity index (χ0) is 11.5. The molecule has 88 valence electrons. The summed E-state index contributed by atoms with van der Waals surface area (Å²) in [6, 6.07) is 0. The minimum atomic E-state index is 0.0223. The van der Waals surface area contributed by atoms with Crippen LogP contribution in [0.4, 0.5) is 0 Å². The lowest BCUT2D eigenvalue weighted by Crippen LogP contribution is -2.41. The lowest BCUT2D eigenvalue weighted by atomic mass is 9.63. The van der Waals surface area contributed by atoms with Gasteiger partial charge >= 0.3 is 5.97 Å². The Hall–Kier alpha value is -0.530. The maximum Gasteiger partial charge on any atom is 0.309 e. The van der Waals surface area contributed by atoms with E-state index in [9.17, 15) is 4.79 Å². The third kappa shape index (κ3) is 2.73. The van der Waals surface area contributed by atoms with Gasteiger partial charge in [0.1, 0.15) is 0 Å². The summed E-state index contributed by atoms with van der Waals surface area (Å²) in [4.78, 5) is 12.0. The van der Waals surface area contributed by atoms with Gasteiger partial charge in [-0.15, -0.1) is 0 Å². The first kappa shape index (κ1) is 12.5.